The number of fused-ring (bicyclic) bond motifs is 1. The van der Waals surface area contributed by atoms with Gasteiger partial charge in [0.2, 0.25) is 11.9 Å². The van der Waals surface area contributed by atoms with Crippen molar-refractivity contribution >= 4 is 40.5 Å². The van der Waals surface area contributed by atoms with Crippen molar-refractivity contribution in [3.63, 3.8) is 0 Å². The van der Waals surface area contributed by atoms with Gasteiger partial charge in [0.25, 0.3) is 5.91 Å². The van der Waals surface area contributed by atoms with E-state index in [1.54, 1.807) is 30.3 Å². The highest BCUT2D eigenvalue weighted by atomic mass is 32.1. The van der Waals surface area contributed by atoms with E-state index in [9.17, 15) is 14.4 Å². The molecule has 1 saturated heterocycles. The van der Waals surface area contributed by atoms with Crippen molar-refractivity contribution in [2.75, 3.05) is 32.6 Å². The fourth-order valence-corrected chi connectivity index (χ4v) is 4.77. The molecule has 1 aromatic carbocycles. The van der Waals surface area contributed by atoms with E-state index < -0.39 is 0 Å². The number of nitrogen functional groups attached to an aromatic ring is 1. The Labute approximate surface area is 209 Å². The van der Waals surface area contributed by atoms with Crippen LogP contribution in [0.5, 0.6) is 5.75 Å². The molecule has 1 aliphatic rings. The molecule has 12 heteroatoms. The van der Waals surface area contributed by atoms with Crippen LogP contribution in [0, 0.1) is 0 Å². The van der Waals surface area contributed by atoms with E-state index in [4.69, 9.17) is 10.5 Å². The maximum atomic E-state index is 13.1. The molecule has 4 aromatic rings. The van der Waals surface area contributed by atoms with Crippen molar-refractivity contribution in [2.45, 2.75) is 6.54 Å². The SMILES string of the molecule is COc1cccc(CNC(=O)c2cc(-c3cc(C(=O)CN4CNC(=O)C4)c4nc(N)nn4c3)cs2)c1. The molecule has 0 aliphatic carbocycles. The molecule has 3 aromatic heterocycles. The second-order valence-electron chi connectivity index (χ2n) is 8.28. The number of hydrogen-bond donors (Lipinski definition) is 3. The zero-order valence-corrected chi connectivity index (χ0v) is 20.2. The number of methoxy groups -OCH3 is 1. The van der Waals surface area contributed by atoms with Gasteiger partial charge >= 0.3 is 0 Å². The summed E-state index contributed by atoms with van der Waals surface area (Å²) in [4.78, 5) is 43.8. The van der Waals surface area contributed by atoms with Gasteiger partial charge in [0.1, 0.15) is 5.75 Å². The Morgan fingerprint density at radius 1 is 1.25 bits per heavy atom. The number of benzene rings is 1. The summed E-state index contributed by atoms with van der Waals surface area (Å²) in [7, 11) is 1.60. The van der Waals surface area contributed by atoms with E-state index in [-0.39, 0.29) is 36.6 Å². The minimum absolute atomic E-state index is 0.0437. The molecule has 4 N–H and O–H groups in total. The molecule has 0 spiro atoms. The molecule has 5 rings (SSSR count). The number of hydrogen-bond acceptors (Lipinski definition) is 9. The minimum atomic E-state index is -0.211. The number of Topliss-reactive ketones (excluding diaryl/α,β-unsaturated/α-hetero) is 1. The molecular formula is C24H23N7O4S. The lowest BCUT2D eigenvalue weighted by Gasteiger charge is -2.12. The van der Waals surface area contributed by atoms with Gasteiger partial charge in [-0.2, -0.15) is 4.98 Å². The first-order chi connectivity index (χ1) is 17.4. The van der Waals surface area contributed by atoms with Gasteiger partial charge in [-0.1, -0.05) is 12.1 Å². The van der Waals surface area contributed by atoms with Crippen molar-refractivity contribution in [1.29, 1.82) is 0 Å². The Balaban J connectivity index is 1.37. The first-order valence-corrected chi connectivity index (χ1v) is 12.0. The van der Waals surface area contributed by atoms with Crippen LogP contribution in [0.2, 0.25) is 0 Å². The Hall–Kier alpha value is -4.29. The van der Waals surface area contributed by atoms with Crippen LogP contribution in [-0.2, 0) is 11.3 Å². The highest BCUT2D eigenvalue weighted by Crippen LogP contribution is 2.28. The maximum absolute atomic E-state index is 13.1. The standard InChI is InChI=1S/C24H23N7O4S/c1-35-17-4-2-3-14(5-17)8-26-23(34)20-7-16(12-36-20)15-6-18(22-28-24(25)29-31(22)9-15)19(32)10-30-11-21(33)27-13-30/h2-7,9,12H,8,10-11,13H2,1H3,(H2,25,29)(H,26,34)(H,27,33). The predicted octanol–water partition coefficient (Wildman–Crippen LogP) is 1.55. The Kier molecular flexibility index (Phi) is 6.36. The maximum Gasteiger partial charge on any atom is 0.261 e. The molecule has 4 heterocycles. The van der Waals surface area contributed by atoms with Crippen LogP contribution in [0.15, 0.2) is 48.0 Å². The van der Waals surface area contributed by atoms with Gasteiger partial charge in [-0.3, -0.25) is 19.3 Å². The number of carbonyl (C=O) groups is 3. The number of pyridine rings is 1. The highest BCUT2D eigenvalue weighted by molar-refractivity contribution is 7.12. The van der Waals surface area contributed by atoms with Crippen molar-refractivity contribution in [3.8, 4) is 16.9 Å². The molecule has 0 atom stereocenters. The lowest BCUT2D eigenvalue weighted by atomic mass is 10.1. The largest absolute Gasteiger partial charge is 0.497 e. The van der Waals surface area contributed by atoms with Gasteiger partial charge in [0, 0.05) is 18.3 Å². The van der Waals surface area contributed by atoms with Crippen LogP contribution in [-0.4, -0.2) is 64.0 Å². The lowest BCUT2D eigenvalue weighted by Crippen LogP contribution is -2.29. The third-order valence-electron chi connectivity index (χ3n) is 5.73. The molecule has 2 amide bonds. The van der Waals surface area contributed by atoms with E-state index in [0.717, 1.165) is 16.9 Å². The number of amides is 2. The van der Waals surface area contributed by atoms with Crippen LogP contribution in [0.1, 0.15) is 25.6 Å². The first kappa shape index (κ1) is 23.5. The summed E-state index contributed by atoms with van der Waals surface area (Å²) in [6.45, 7) is 0.885. The summed E-state index contributed by atoms with van der Waals surface area (Å²) >= 11 is 1.30. The predicted molar refractivity (Wildman–Crippen MR) is 134 cm³/mol. The second kappa shape index (κ2) is 9.76. The van der Waals surface area contributed by atoms with E-state index in [1.807, 2.05) is 29.6 Å². The van der Waals surface area contributed by atoms with Gasteiger partial charge in [0.15, 0.2) is 11.4 Å². The zero-order valence-electron chi connectivity index (χ0n) is 19.4. The monoisotopic (exact) mass is 505 g/mol. The van der Waals surface area contributed by atoms with Gasteiger partial charge in [-0.25, -0.2) is 4.52 Å². The number of nitrogens with two attached hydrogens (primary N) is 1. The number of ketones is 1. The summed E-state index contributed by atoms with van der Waals surface area (Å²) in [5.74, 6) is 0.230. The van der Waals surface area contributed by atoms with E-state index in [2.05, 4.69) is 20.7 Å². The molecule has 0 saturated carbocycles. The molecule has 1 aliphatic heterocycles. The average Bonchev–Trinajstić information content (AvgIpc) is 3.61. The summed E-state index contributed by atoms with van der Waals surface area (Å²) < 4.78 is 6.69. The molecule has 0 radical (unpaired) electrons. The molecular weight excluding hydrogens is 482 g/mol. The second-order valence-corrected chi connectivity index (χ2v) is 9.19. The third-order valence-corrected chi connectivity index (χ3v) is 6.66. The number of nitrogens with one attached hydrogen (secondary N) is 2. The molecule has 1 fully saturated rings. The van der Waals surface area contributed by atoms with Gasteiger partial charge in [-0.05, 0) is 40.8 Å². The minimum Gasteiger partial charge on any atom is -0.497 e. The van der Waals surface area contributed by atoms with Crippen molar-refractivity contribution in [2.24, 2.45) is 0 Å². The highest BCUT2D eigenvalue weighted by Gasteiger charge is 2.24. The van der Waals surface area contributed by atoms with Crippen molar-refractivity contribution in [1.82, 2.24) is 30.1 Å². The third kappa shape index (κ3) is 4.90. The van der Waals surface area contributed by atoms with Crippen LogP contribution in [0.4, 0.5) is 5.95 Å². The van der Waals surface area contributed by atoms with E-state index in [0.29, 0.717) is 34.9 Å². The Morgan fingerprint density at radius 2 is 2.11 bits per heavy atom. The van der Waals surface area contributed by atoms with Crippen LogP contribution < -0.4 is 21.1 Å². The fourth-order valence-electron chi connectivity index (χ4n) is 3.94. The number of rotatable bonds is 8. The normalized spacial score (nSPS) is 13.6. The lowest BCUT2D eigenvalue weighted by molar-refractivity contribution is -0.118. The quantitative estimate of drug-likeness (QED) is 0.306. The summed E-state index contributed by atoms with van der Waals surface area (Å²) in [5, 5.41) is 11.6. The van der Waals surface area contributed by atoms with E-state index in [1.165, 1.54) is 15.9 Å². The summed E-state index contributed by atoms with van der Waals surface area (Å²) in [6, 6.07) is 11.0. The first-order valence-electron chi connectivity index (χ1n) is 11.1. The smallest absolute Gasteiger partial charge is 0.261 e. The average molecular weight is 506 g/mol. The molecule has 184 valence electrons. The number of thiophene rings is 1. The Bertz CT molecular complexity index is 1480. The number of carbonyl (C=O) groups excluding carboxylic acids is 3. The van der Waals surface area contributed by atoms with Crippen LogP contribution in [0.3, 0.4) is 0 Å². The number of nitrogens with zero attached hydrogens (tertiary/aromatic N) is 4. The van der Waals surface area contributed by atoms with Crippen LogP contribution >= 0.6 is 11.3 Å². The van der Waals surface area contributed by atoms with Gasteiger partial charge in [-0.15, -0.1) is 16.4 Å². The van der Waals surface area contributed by atoms with Gasteiger partial charge in [0.05, 0.1) is 37.3 Å². The fraction of sp³-hybridized carbons (Fsp3) is 0.208. The zero-order chi connectivity index (χ0) is 25.2. The number of anilines is 1. The number of ether oxygens (including phenoxy) is 1. The molecule has 0 bridgehead atoms. The van der Waals surface area contributed by atoms with Crippen molar-refractivity contribution in [3.05, 3.63) is 64.0 Å². The molecule has 36 heavy (non-hydrogen) atoms. The number of aromatic nitrogens is 3. The summed E-state index contributed by atoms with van der Waals surface area (Å²) in [6.07, 6.45) is 1.72. The van der Waals surface area contributed by atoms with Gasteiger partial charge < -0.3 is 21.1 Å². The van der Waals surface area contributed by atoms with E-state index >= 15 is 0 Å². The molecule has 11 nitrogen and oxygen atoms in total. The molecule has 0 unspecified atom stereocenters. The van der Waals surface area contributed by atoms with Crippen LogP contribution in [0.25, 0.3) is 16.8 Å². The summed E-state index contributed by atoms with van der Waals surface area (Å²) in [5.41, 5.74) is 8.84. The van der Waals surface area contributed by atoms with Crippen molar-refractivity contribution < 1.29 is 19.1 Å². The Morgan fingerprint density at radius 3 is 2.89 bits per heavy atom. The topological polar surface area (TPSA) is 144 Å².